The van der Waals surface area contributed by atoms with Gasteiger partial charge in [-0.3, -0.25) is 9.59 Å². The second-order valence-corrected chi connectivity index (χ2v) is 6.22. The summed E-state index contributed by atoms with van der Waals surface area (Å²) in [7, 11) is 0. The number of carboxylic acid groups (broad SMARTS) is 1. The van der Waals surface area contributed by atoms with E-state index in [0.29, 0.717) is 22.5 Å². The maximum Gasteiger partial charge on any atom is 0.310 e. The molecule has 0 spiro atoms. The first-order valence-electron chi connectivity index (χ1n) is 6.97. The molecule has 1 aromatic rings. The fourth-order valence-corrected chi connectivity index (χ4v) is 3.24. The van der Waals surface area contributed by atoms with E-state index in [1.54, 1.807) is 0 Å². The van der Waals surface area contributed by atoms with E-state index in [2.05, 4.69) is 15.5 Å². The van der Waals surface area contributed by atoms with E-state index in [1.165, 1.54) is 32.1 Å². The van der Waals surface area contributed by atoms with Gasteiger partial charge in [0.2, 0.25) is 11.0 Å². The molecule has 2 rings (SSSR count). The van der Waals surface area contributed by atoms with E-state index in [9.17, 15) is 9.59 Å². The minimum atomic E-state index is -0.948. The molecular formula is C13H19N3O3S. The molecule has 0 aromatic carbocycles. The van der Waals surface area contributed by atoms with Gasteiger partial charge in [-0.25, -0.2) is 0 Å². The Bertz CT molecular complexity index is 469. The number of aromatic nitrogens is 2. The summed E-state index contributed by atoms with van der Waals surface area (Å²) in [4.78, 5) is 22.3. The molecule has 2 N–H and O–H groups in total. The zero-order valence-corrected chi connectivity index (χ0v) is 12.1. The Morgan fingerprint density at radius 1 is 1.25 bits per heavy atom. The van der Waals surface area contributed by atoms with Gasteiger partial charge in [0.1, 0.15) is 5.01 Å². The van der Waals surface area contributed by atoms with Crippen molar-refractivity contribution in [2.75, 3.05) is 5.32 Å². The Hall–Kier alpha value is -1.50. The normalized spacial score (nSPS) is 16.0. The van der Waals surface area contributed by atoms with E-state index in [-0.39, 0.29) is 12.3 Å². The van der Waals surface area contributed by atoms with E-state index in [1.807, 2.05) is 0 Å². The van der Waals surface area contributed by atoms with Gasteiger partial charge in [-0.15, -0.1) is 10.2 Å². The Kier molecular flexibility index (Phi) is 5.46. The summed E-state index contributed by atoms with van der Waals surface area (Å²) in [5.74, 6) is -0.337. The first-order valence-corrected chi connectivity index (χ1v) is 7.79. The largest absolute Gasteiger partial charge is 0.481 e. The van der Waals surface area contributed by atoms with Crippen LogP contribution in [0.4, 0.5) is 5.13 Å². The maximum atomic E-state index is 11.8. The van der Waals surface area contributed by atoms with Crippen LogP contribution in [0.15, 0.2) is 0 Å². The topological polar surface area (TPSA) is 92.2 Å². The van der Waals surface area contributed by atoms with Crippen molar-refractivity contribution in [3.63, 3.8) is 0 Å². The minimum Gasteiger partial charge on any atom is -0.481 e. The van der Waals surface area contributed by atoms with Gasteiger partial charge in [0.05, 0.1) is 6.42 Å². The second-order valence-electron chi connectivity index (χ2n) is 5.16. The number of aliphatic carboxylic acids is 1. The van der Waals surface area contributed by atoms with Crippen molar-refractivity contribution in [3.05, 3.63) is 5.01 Å². The summed E-state index contributed by atoms with van der Waals surface area (Å²) in [5.41, 5.74) is 0. The molecule has 0 bridgehead atoms. The Balaban J connectivity index is 1.73. The van der Waals surface area contributed by atoms with Crippen LogP contribution in [0, 0.1) is 5.92 Å². The van der Waals surface area contributed by atoms with Crippen molar-refractivity contribution in [1.29, 1.82) is 0 Å². The molecule has 1 aliphatic carbocycles. The molecule has 1 fully saturated rings. The standard InChI is InChI=1S/C13H19N3O3S/c17-10(7-6-9-4-2-1-3-5-9)14-13-16-15-11(20-13)8-12(18)19/h9H,1-8H2,(H,18,19)(H,14,16,17). The van der Waals surface area contributed by atoms with E-state index >= 15 is 0 Å². The molecular weight excluding hydrogens is 278 g/mol. The number of anilines is 1. The zero-order chi connectivity index (χ0) is 14.4. The van der Waals surface area contributed by atoms with Gasteiger partial charge in [0.25, 0.3) is 0 Å². The SMILES string of the molecule is O=C(O)Cc1nnc(NC(=O)CCC2CCCCC2)s1. The lowest BCUT2D eigenvalue weighted by atomic mass is 9.86. The molecule has 110 valence electrons. The quantitative estimate of drug-likeness (QED) is 0.841. The predicted octanol–water partition coefficient (Wildman–Crippen LogP) is 2.46. The van der Waals surface area contributed by atoms with Crippen molar-refractivity contribution in [2.45, 2.75) is 51.4 Å². The highest BCUT2D eigenvalue weighted by Gasteiger charge is 2.16. The second kappa shape index (κ2) is 7.33. The number of carboxylic acids is 1. The summed E-state index contributed by atoms with van der Waals surface area (Å²) in [6.45, 7) is 0. The summed E-state index contributed by atoms with van der Waals surface area (Å²) >= 11 is 1.12. The van der Waals surface area contributed by atoms with Crippen molar-refractivity contribution in [1.82, 2.24) is 10.2 Å². The Morgan fingerprint density at radius 3 is 2.70 bits per heavy atom. The van der Waals surface area contributed by atoms with E-state index in [4.69, 9.17) is 5.11 Å². The van der Waals surface area contributed by atoms with Gasteiger partial charge in [-0.1, -0.05) is 43.4 Å². The number of hydrogen-bond donors (Lipinski definition) is 2. The fraction of sp³-hybridized carbons (Fsp3) is 0.692. The lowest BCUT2D eigenvalue weighted by molar-refractivity contribution is -0.136. The number of carbonyl (C=O) groups is 2. The van der Waals surface area contributed by atoms with Crippen LogP contribution >= 0.6 is 11.3 Å². The van der Waals surface area contributed by atoms with Crippen molar-refractivity contribution >= 4 is 28.3 Å². The van der Waals surface area contributed by atoms with E-state index in [0.717, 1.165) is 17.8 Å². The van der Waals surface area contributed by atoms with Crippen LogP contribution in [0.25, 0.3) is 0 Å². The van der Waals surface area contributed by atoms with Crippen LogP contribution < -0.4 is 5.32 Å². The van der Waals surface area contributed by atoms with Crippen molar-refractivity contribution < 1.29 is 14.7 Å². The third-order valence-corrected chi connectivity index (χ3v) is 4.36. The molecule has 1 heterocycles. The Morgan fingerprint density at radius 2 is 2.00 bits per heavy atom. The fourth-order valence-electron chi connectivity index (χ4n) is 2.50. The lowest BCUT2D eigenvalue weighted by Crippen LogP contribution is -2.14. The van der Waals surface area contributed by atoms with Crippen LogP contribution in [0.2, 0.25) is 0 Å². The molecule has 0 radical (unpaired) electrons. The average molecular weight is 297 g/mol. The smallest absolute Gasteiger partial charge is 0.310 e. The van der Waals surface area contributed by atoms with Gasteiger partial charge in [0.15, 0.2) is 0 Å². The molecule has 0 unspecified atom stereocenters. The third kappa shape index (κ3) is 4.88. The molecule has 0 atom stereocenters. The van der Waals surface area contributed by atoms with Crippen LogP contribution in [-0.2, 0) is 16.0 Å². The van der Waals surface area contributed by atoms with Gasteiger partial charge in [0, 0.05) is 6.42 Å². The molecule has 6 nitrogen and oxygen atoms in total. The highest BCUT2D eigenvalue weighted by Crippen LogP contribution is 2.27. The highest BCUT2D eigenvalue weighted by molar-refractivity contribution is 7.15. The number of amides is 1. The van der Waals surface area contributed by atoms with Gasteiger partial charge < -0.3 is 10.4 Å². The summed E-state index contributed by atoms with van der Waals surface area (Å²) < 4.78 is 0. The average Bonchev–Trinajstić information content (AvgIpc) is 2.84. The third-order valence-electron chi connectivity index (χ3n) is 3.52. The minimum absolute atomic E-state index is 0.0615. The van der Waals surface area contributed by atoms with Gasteiger partial charge >= 0.3 is 5.97 Å². The van der Waals surface area contributed by atoms with Crippen LogP contribution in [-0.4, -0.2) is 27.2 Å². The molecule has 1 amide bonds. The molecule has 1 aromatic heterocycles. The van der Waals surface area contributed by atoms with Crippen LogP contribution in [0.5, 0.6) is 0 Å². The zero-order valence-electron chi connectivity index (χ0n) is 11.3. The summed E-state index contributed by atoms with van der Waals surface area (Å²) in [5, 5.41) is 19.6. The summed E-state index contributed by atoms with van der Waals surface area (Å²) in [6, 6.07) is 0. The molecule has 0 saturated heterocycles. The lowest BCUT2D eigenvalue weighted by Gasteiger charge is -2.20. The van der Waals surface area contributed by atoms with Crippen molar-refractivity contribution in [2.24, 2.45) is 5.92 Å². The molecule has 1 saturated carbocycles. The monoisotopic (exact) mass is 297 g/mol. The molecule has 7 heteroatoms. The number of nitrogens with one attached hydrogen (secondary N) is 1. The van der Waals surface area contributed by atoms with Crippen LogP contribution in [0.1, 0.15) is 50.0 Å². The van der Waals surface area contributed by atoms with Crippen LogP contribution in [0.3, 0.4) is 0 Å². The summed E-state index contributed by atoms with van der Waals surface area (Å²) in [6.07, 6.45) is 7.60. The van der Waals surface area contributed by atoms with Crippen molar-refractivity contribution in [3.8, 4) is 0 Å². The molecule has 1 aliphatic rings. The maximum absolute atomic E-state index is 11.8. The number of carbonyl (C=O) groups excluding carboxylic acids is 1. The Labute approximate surface area is 121 Å². The number of hydrogen-bond acceptors (Lipinski definition) is 5. The van der Waals surface area contributed by atoms with Gasteiger partial charge in [-0.2, -0.15) is 0 Å². The van der Waals surface area contributed by atoms with E-state index < -0.39 is 5.97 Å². The van der Waals surface area contributed by atoms with Gasteiger partial charge in [-0.05, 0) is 12.3 Å². The number of rotatable bonds is 6. The number of nitrogens with zero attached hydrogens (tertiary/aromatic N) is 2. The first kappa shape index (κ1) is 14.9. The highest BCUT2D eigenvalue weighted by atomic mass is 32.1. The molecule has 0 aliphatic heterocycles. The molecule has 20 heavy (non-hydrogen) atoms. The first-order chi connectivity index (χ1) is 9.63. The predicted molar refractivity (Wildman–Crippen MR) is 75.7 cm³/mol.